The highest BCUT2D eigenvalue weighted by atomic mass is 16.2. The van der Waals surface area contributed by atoms with Crippen LogP contribution in [0.3, 0.4) is 0 Å². The number of nitrogens with one attached hydrogen (secondary N) is 3. The van der Waals surface area contributed by atoms with Gasteiger partial charge in [0.15, 0.2) is 0 Å². The highest BCUT2D eigenvalue weighted by Gasteiger charge is 2.35. The summed E-state index contributed by atoms with van der Waals surface area (Å²) in [6.07, 6.45) is 3.74. The molecule has 7 heteroatoms. The predicted octanol–water partition coefficient (Wildman–Crippen LogP) is 0.143. The third-order valence-electron chi connectivity index (χ3n) is 3.95. The van der Waals surface area contributed by atoms with Crippen molar-refractivity contribution in [1.82, 2.24) is 25.7 Å². The average Bonchev–Trinajstić information content (AvgIpc) is 3.04. The number of rotatable bonds is 4. The molecule has 1 fully saturated rings. The van der Waals surface area contributed by atoms with Crippen molar-refractivity contribution in [3.05, 3.63) is 18.0 Å². The topological polar surface area (TPSA) is 88.1 Å². The molecule has 2 rings (SSSR count). The number of aryl methyl sites for hydroxylation is 1. The number of nitrogens with zero attached hydrogens (tertiary/aromatic N) is 2. The summed E-state index contributed by atoms with van der Waals surface area (Å²) < 4.78 is 1.74. The minimum Gasteiger partial charge on any atom is -0.350 e. The van der Waals surface area contributed by atoms with Crippen LogP contribution in [-0.4, -0.2) is 46.3 Å². The standard InChI is InChI=1S/C16H27N5O2/c1-10(14(22)20-16(2,3)4)19-15(23)13-8-17-7-12(13)11-6-18-21(5)9-11/h6,9-10,12-13,17H,7-8H2,1-5H3,(H,19,23)(H,20,22)/t10?,12-,13+/m1/s1. The van der Waals surface area contributed by atoms with Gasteiger partial charge in [-0.05, 0) is 33.3 Å². The zero-order valence-electron chi connectivity index (χ0n) is 14.5. The second kappa shape index (κ2) is 6.70. The Morgan fingerprint density at radius 3 is 2.65 bits per heavy atom. The number of hydrogen-bond acceptors (Lipinski definition) is 4. The molecule has 0 aliphatic carbocycles. The molecule has 1 aromatic heterocycles. The Morgan fingerprint density at radius 2 is 2.09 bits per heavy atom. The zero-order valence-corrected chi connectivity index (χ0v) is 14.5. The predicted molar refractivity (Wildman–Crippen MR) is 87.8 cm³/mol. The first-order valence-corrected chi connectivity index (χ1v) is 7.99. The van der Waals surface area contributed by atoms with Crippen LogP contribution in [-0.2, 0) is 16.6 Å². The van der Waals surface area contributed by atoms with Crippen LogP contribution in [0.1, 0.15) is 39.2 Å². The minimum atomic E-state index is -0.558. The molecule has 1 aromatic rings. The first-order valence-electron chi connectivity index (χ1n) is 7.99. The molecule has 1 saturated heterocycles. The molecule has 3 atom stereocenters. The molecule has 0 bridgehead atoms. The first-order chi connectivity index (χ1) is 10.7. The number of carbonyl (C=O) groups is 2. The summed E-state index contributed by atoms with van der Waals surface area (Å²) in [4.78, 5) is 24.7. The molecule has 23 heavy (non-hydrogen) atoms. The molecule has 7 nitrogen and oxygen atoms in total. The van der Waals surface area contributed by atoms with Crippen LogP contribution in [0.4, 0.5) is 0 Å². The summed E-state index contributed by atoms with van der Waals surface area (Å²) in [6.45, 7) is 8.81. The summed E-state index contributed by atoms with van der Waals surface area (Å²) in [5.74, 6) is -0.374. The van der Waals surface area contributed by atoms with Gasteiger partial charge in [-0.25, -0.2) is 0 Å². The van der Waals surface area contributed by atoms with E-state index in [0.29, 0.717) is 6.54 Å². The molecule has 1 aliphatic rings. The summed E-state index contributed by atoms with van der Waals surface area (Å²) in [6, 6.07) is -0.558. The van der Waals surface area contributed by atoms with Crippen molar-refractivity contribution in [2.75, 3.05) is 13.1 Å². The van der Waals surface area contributed by atoms with E-state index in [1.165, 1.54) is 0 Å². The van der Waals surface area contributed by atoms with Crippen LogP contribution in [0, 0.1) is 5.92 Å². The fourth-order valence-corrected chi connectivity index (χ4v) is 2.80. The van der Waals surface area contributed by atoms with E-state index in [1.807, 2.05) is 34.0 Å². The summed E-state index contributed by atoms with van der Waals surface area (Å²) >= 11 is 0. The van der Waals surface area contributed by atoms with E-state index >= 15 is 0 Å². The Balaban J connectivity index is 1.98. The quantitative estimate of drug-likeness (QED) is 0.736. The fourth-order valence-electron chi connectivity index (χ4n) is 2.80. The van der Waals surface area contributed by atoms with Crippen LogP contribution in [0.2, 0.25) is 0 Å². The molecule has 2 heterocycles. The van der Waals surface area contributed by atoms with Crippen molar-refractivity contribution in [2.45, 2.75) is 45.2 Å². The van der Waals surface area contributed by atoms with Crippen molar-refractivity contribution in [1.29, 1.82) is 0 Å². The molecule has 3 N–H and O–H groups in total. The molecule has 128 valence electrons. The van der Waals surface area contributed by atoms with Crippen LogP contribution < -0.4 is 16.0 Å². The number of aromatic nitrogens is 2. The largest absolute Gasteiger partial charge is 0.350 e. The third kappa shape index (κ3) is 4.54. The van der Waals surface area contributed by atoms with Gasteiger partial charge in [-0.2, -0.15) is 5.10 Å². The zero-order chi connectivity index (χ0) is 17.2. The summed E-state index contributed by atoms with van der Waals surface area (Å²) in [5, 5.41) is 13.1. The van der Waals surface area contributed by atoms with Crippen molar-refractivity contribution >= 4 is 11.8 Å². The van der Waals surface area contributed by atoms with Crippen LogP contribution in [0.15, 0.2) is 12.4 Å². The van der Waals surface area contributed by atoms with E-state index < -0.39 is 6.04 Å². The monoisotopic (exact) mass is 321 g/mol. The van der Waals surface area contributed by atoms with Gasteiger partial charge in [0, 0.05) is 37.8 Å². The van der Waals surface area contributed by atoms with Gasteiger partial charge in [-0.3, -0.25) is 14.3 Å². The summed E-state index contributed by atoms with van der Waals surface area (Å²) in [7, 11) is 1.86. The maximum atomic E-state index is 12.6. The lowest BCUT2D eigenvalue weighted by Crippen LogP contribution is -2.52. The van der Waals surface area contributed by atoms with Gasteiger partial charge in [0.05, 0.1) is 12.1 Å². The van der Waals surface area contributed by atoms with Gasteiger partial charge in [0.1, 0.15) is 6.04 Å². The van der Waals surface area contributed by atoms with Gasteiger partial charge < -0.3 is 16.0 Å². The molecular formula is C16H27N5O2. The fraction of sp³-hybridized carbons (Fsp3) is 0.688. The molecule has 1 unspecified atom stereocenters. The number of amides is 2. The van der Waals surface area contributed by atoms with E-state index in [0.717, 1.165) is 12.1 Å². The molecule has 2 amide bonds. The lowest BCUT2D eigenvalue weighted by Gasteiger charge is -2.25. The van der Waals surface area contributed by atoms with Crippen LogP contribution in [0.5, 0.6) is 0 Å². The molecule has 0 aromatic carbocycles. The number of carbonyl (C=O) groups excluding carboxylic acids is 2. The van der Waals surface area contributed by atoms with Crippen molar-refractivity contribution < 1.29 is 9.59 Å². The lowest BCUT2D eigenvalue weighted by atomic mass is 9.90. The van der Waals surface area contributed by atoms with Gasteiger partial charge in [-0.1, -0.05) is 0 Å². The van der Waals surface area contributed by atoms with E-state index in [4.69, 9.17) is 0 Å². The van der Waals surface area contributed by atoms with E-state index in [2.05, 4.69) is 21.0 Å². The Kier molecular flexibility index (Phi) is 5.09. The Labute approximate surface area is 137 Å². The number of hydrogen-bond donors (Lipinski definition) is 3. The Morgan fingerprint density at radius 1 is 1.39 bits per heavy atom. The van der Waals surface area contributed by atoms with Crippen LogP contribution >= 0.6 is 0 Å². The first kappa shape index (κ1) is 17.5. The smallest absolute Gasteiger partial charge is 0.242 e. The highest BCUT2D eigenvalue weighted by molar-refractivity contribution is 5.89. The van der Waals surface area contributed by atoms with Gasteiger partial charge in [0.25, 0.3) is 0 Å². The molecule has 0 radical (unpaired) electrons. The average molecular weight is 321 g/mol. The van der Waals surface area contributed by atoms with Crippen molar-refractivity contribution in [3.8, 4) is 0 Å². The molecule has 1 aliphatic heterocycles. The maximum absolute atomic E-state index is 12.6. The second-order valence-corrected chi connectivity index (χ2v) is 7.29. The van der Waals surface area contributed by atoms with Gasteiger partial charge in [0.2, 0.25) is 11.8 Å². The van der Waals surface area contributed by atoms with E-state index in [1.54, 1.807) is 17.8 Å². The molecule has 0 spiro atoms. The Bertz CT molecular complexity index is 575. The van der Waals surface area contributed by atoms with Gasteiger partial charge >= 0.3 is 0 Å². The van der Waals surface area contributed by atoms with E-state index in [9.17, 15) is 9.59 Å². The van der Waals surface area contributed by atoms with E-state index in [-0.39, 0.29) is 29.2 Å². The second-order valence-electron chi connectivity index (χ2n) is 7.29. The normalized spacial score (nSPS) is 22.7. The van der Waals surface area contributed by atoms with Crippen LogP contribution in [0.25, 0.3) is 0 Å². The Hall–Kier alpha value is -1.89. The SMILES string of the molecule is CC(NC(=O)[C@H]1CNC[C@@H]1c1cnn(C)c1)C(=O)NC(C)(C)C. The summed E-state index contributed by atoms with van der Waals surface area (Å²) in [5.41, 5.74) is 0.730. The molecular weight excluding hydrogens is 294 g/mol. The van der Waals surface area contributed by atoms with Gasteiger partial charge in [-0.15, -0.1) is 0 Å². The molecule has 0 saturated carbocycles. The highest BCUT2D eigenvalue weighted by Crippen LogP contribution is 2.27. The lowest BCUT2D eigenvalue weighted by molar-refractivity contribution is -0.131. The van der Waals surface area contributed by atoms with Crippen molar-refractivity contribution in [2.24, 2.45) is 13.0 Å². The van der Waals surface area contributed by atoms with Crippen molar-refractivity contribution in [3.63, 3.8) is 0 Å². The minimum absolute atomic E-state index is 0.0848. The maximum Gasteiger partial charge on any atom is 0.242 e. The third-order valence-corrected chi connectivity index (χ3v) is 3.95.